The van der Waals surface area contributed by atoms with Gasteiger partial charge in [0.25, 0.3) is 5.91 Å². The third kappa shape index (κ3) is 3.96. The van der Waals surface area contributed by atoms with Gasteiger partial charge in [0.2, 0.25) is 0 Å². The molecule has 0 saturated carbocycles. The predicted octanol–water partition coefficient (Wildman–Crippen LogP) is 3.77. The number of benzene rings is 1. The van der Waals surface area contributed by atoms with Crippen LogP contribution in [0.4, 0.5) is 5.69 Å². The van der Waals surface area contributed by atoms with Crippen LogP contribution in [0.2, 0.25) is 5.15 Å². The van der Waals surface area contributed by atoms with Crippen LogP contribution in [0.15, 0.2) is 42.6 Å². The second-order valence-electron chi connectivity index (χ2n) is 4.51. The highest BCUT2D eigenvalue weighted by atomic mass is 35.5. The van der Waals surface area contributed by atoms with Crippen LogP contribution in [-0.2, 0) is 0 Å². The predicted molar refractivity (Wildman–Crippen MR) is 79.4 cm³/mol. The molecule has 1 aromatic heterocycles. The minimum Gasteiger partial charge on any atom is -0.491 e. The van der Waals surface area contributed by atoms with Gasteiger partial charge in [-0.3, -0.25) is 4.79 Å². The van der Waals surface area contributed by atoms with E-state index in [9.17, 15) is 4.79 Å². The highest BCUT2D eigenvalue weighted by molar-refractivity contribution is 6.29. The summed E-state index contributed by atoms with van der Waals surface area (Å²) < 4.78 is 5.54. The lowest BCUT2D eigenvalue weighted by molar-refractivity contribution is 0.102. The number of carbonyl (C=O) groups is 1. The fourth-order valence-electron chi connectivity index (χ4n) is 1.64. The average Bonchev–Trinajstić information content (AvgIpc) is 2.40. The first-order chi connectivity index (χ1) is 9.54. The maximum atomic E-state index is 12.0. The van der Waals surface area contributed by atoms with Crippen LogP contribution in [-0.4, -0.2) is 17.0 Å². The molecule has 20 heavy (non-hydrogen) atoms. The Morgan fingerprint density at radius 2 is 1.95 bits per heavy atom. The lowest BCUT2D eigenvalue weighted by Crippen LogP contribution is -2.12. The molecule has 0 atom stereocenters. The largest absolute Gasteiger partial charge is 0.491 e. The summed E-state index contributed by atoms with van der Waals surface area (Å²) in [6.07, 6.45) is 1.62. The van der Waals surface area contributed by atoms with Crippen molar-refractivity contribution in [2.75, 3.05) is 5.32 Å². The van der Waals surface area contributed by atoms with Crippen LogP contribution in [0.1, 0.15) is 24.2 Å². The van der Waals surface area contributed by atoms with E-state index in [2.05, 4.69) is 10.3 Å². The second-order valence-corrected chi connectivity index (χ2v) is 4.90. The molecule has 2 rings (SSSR count). The van der Waals surface area contributed by atoms with Crippen LogP contribution in [0.25, 0.3) is 0 Å². The molecule has 1 aromatic carbocycles. The van der Waals surface area contributed by atoms with E-state index < -0.39 is 0 Å². The van der Waals surface area contributed by atoms with Gasteiger partial charge in [-0.1, -0.05) is 11.6 Å². The fraction of sp³-hybridized carbons (Fsp3) is 0.200. The van der Waals surface area contributed by atoms with Gasteiger partial charge in [0, 0.05) is 17.4 Å². The number of anilines is 1. The Labute approximate surface area is 122 Å². The van der Waals surface area contributed by atoms with Gasteiger partial charge in [-0.05, 0) is 50.2 Å². The normalized spacial score (nSPS) is 10.4. The molecule has 0 aliphatic heterocycles. The molecular formula is C15H15ClN2O2. The molecule has 0 spiro atoms. The van der Waals surface area contributed by atoms with E-state index in [1.54, 1.807) is 18.2 Å². The first kappa shape index (κ1) is 14.3. The molecule has 0 saturated heterocycles. The number of aromatic nitrogens is 1. The quantitative estimate of drug-likeness (QED) is 0.872. The number of rotatable bonds is 4. The Morgan fingerprint density at radius 3 is 2.55 bits per heavy atom. The minimum atomic E-state index is -0.230. The molecule has 0 fully saturated rings. The zero-order valence-corrected chi connectivity index (χ0v) is 12.0. The minimum absolute atomic E-state index is 0.120. The topological polar surface area (TPSA) is 51.2 Å². The van der Waals surface area contributed by atoms with Crippen LogP contribution in [0.5, 0.6) is 5.75 Å². The lowest BCUT2D eigenvalue weighted by Gasteiger charge is -2.10. The summed E-state index contributed by atoms with van der Waals surface area (Å²) >= 11 is 5.75. The Balaban J connectivity index is 2.04. The molecular weight excluding hydrogens is 276 g/mol. The van der Waals surface area contributed by atoms with Gasteiger partial charge in [0.05, 0.1) is 6.10 Å². The number of hydrogen-bond donors (Lipinski definition) is 1. The maximum absolute atomic E-state index is 12.0. The third-order valence-corrected chi connectivity index (χ3v) is 2.68. The number of halogens is 1. The summed E-state index contributed by atoms with van der Waals surface area (Å²) in [5, 5.41) is 3.08. The highest BCUT2D eigenvalue weighted by Gasteiger charge is 2.07. The van der Waals surface area contributed by atoms with Crippen LogP contribution < -0.4 is 10.1 Å². The van der Waals surface area contributed by atoms with Crippen molar-refractivity contribution in [3.05, 3.63) is 53.3 Å². The summed E-state index contributed by atoms with van der Waals surface area (Å²) in [6, 6.07) is 10.3. The van der Waals surface area contributed by atoms with Gasteiger partial charge in [-0.25, -0.2) is 4.98 Å². The summed E-state index contributed by atoms with van der Waals surface area (Å²) in [4.78, 5) is 15.8. The van der Waals surface area contributed by atoms with Crippen molar-refractivity contribution in [1.29, 1.82) is 0 Å². The van der Waals surface area contributed by atoms with Gasteiger partial charge >= 0.3 is 0 Å². The summed E-state index contributed by atoms with van der Waals surface area (Å²) in [6.45, 7) is 3.92. The molecule has 0 aliphatic rings. The second kappa shape index (κ2) is 6.39. The van der Waals surface area contributed by atoms with Crippen molar-refractivity contribution in [3.63, 3.8) is 0 Å². The zero-order valence-electron chi connectivity index (χ0n) is 11.3. The molecule has 0 radical (unpaired) electrons. The average molecular weight is 291 g/mol. The molecule has 4 nitrogen and oxygen atoms in total. The number of nitrogens with one attached hydrogen (secondary N) is 1. The van der Waals surface area contributed by atoms with Crippen molar-refractivity contribution in [3.8, 4) is 5.75 Å². The standard InChI is InChI=1S/C15H15ClN2O2/c1-10(2)20-13-5-3-12(4-6-13)18-15(19)11-7-8-17-14(16)9-11/h3-10H,1-2H3,(H,18,19). The van der Waals surface area contributed by atoms with Crippen LogP contribution in [0, 0.1) is 0 Å². The monoisotopic (exact) mass is 290 g/mol. The van der Waals surface area contributed by atoms with E-state index in [1.807, 2.05) is 26.0 Å². The molecule has 0 bridgehead atoms. The molecule has 1 N–H and O–H groups in total. The number of nitrogens with zero attached hydrogens (tertiary/aromatic N) is 1. The van der Waals surface area contributed by atoms with Crippen LogP contribution in [0.3, 0.4) is 0 Å². The first-order valence-corrected chi connectivity index (χ1v) is 6.62. The third-order valence-electron chi connectivity index (χ3n) is 2.47. The van der Waals surface area contributed by atoms with Gasteiger partial charge in [-0.2, -0.15) is 0 Å². The number of amides is 1. The number of ether oxygens (including phenoxy) is 1. The highest BCUT2D eigenvalue weighted by Crippen LogP contribution is 2.18. The van der Waals surface area contributed by atoms with Crippen molar-refractivity contribution in [2.24, 2.45) is 0 Å². The zero-order chi connectivity index (χ0) is 14.5. The number of carbonyl (C=O) groups excluding carboxylic acids is 1. The van der Waals surface area contributed by atoms with Crippen LogP contribution >= 0.6 is 11.6 Å². The maximum Gasteiger partial charge on any atom is 0.255 e. The van der Waals surface area contributed by atoms with Crippen molar-refractivity contribution >= 4 is 23.2 Å². The van der Waals surface area contributed by atoms with Gasteiger partial charge in [0.15, 0.2) is 0 Å². The smallest absolute Gasteiger partial charge is 0.255 e. The summed E-state index contributed by atoms with van der Waals surface area (Å²) in [7, 11) is 0. The van der Waals surface area contributed by atoms with E-state index in [4.69, 9.17) is 16.3 Å². The van der Waals surface area contributed by atoms with Gasteiger partial charge in [-0.15, -0.1) is 0 Å². The first-order valence-electron chi connectivity index (χ1n) is 6.24. The molecule has 0 aliphatic carbocycles. The van der Waals surface area contributed by atoms with Gasteiger partial charge in [0.1, 0.15) is 10.9 Å². The molecule has 1 heterocycles. The molecule has 0 unspecified atom stereocenters. The molecule has 104 valence electrons. The Kier molecular flexibility index (Phi) is 4.58. The van der Waals surface area contributed by atoms with Crippen molar-refractivity contribution < 1.29 is 9.53 Å². The fourth-order valence-corrected chi connectivity index (χ4v) is 1.81. The Morgan fingerprint density at radius 1 is 1.25 bits per heavy atom. The van der Waals surface area contributed by atoms with E-state index in [-0.39, 0.29) is 12.0 Å². The van der Waals surface area contributed by atoms with E-state index in [1.165, 1.54) is 12.3 Å². The van der Waals surface area contributed by atoms with E-state index in [0.29, 0.717) is 16.4 Å². The lowest BCUT2D eigenvalue weighted by atomic mass is 10.2. The Hall–Kier alpha value is -2.07. The number of hydrogen-bond acceptors (Lipinski definition) is 3. The van der Waals surface area contributed by atoms with Crippen molar-refractivity contribution in [2.45, 2.75) is 20.0 Å². The Bertz CT molecular complexity index is 597. The van der Waals surface area contributed by atoms with E-state index in [0.717, 1.165) is 5.75 Å². The summed E-state index contributed by atoms with van der Waals surface area (Å²) in [5.41, 5.74) is 1.16. The van der Waals surface area contributed by atoms with E-state index >= 15 is 0 Å². The van der Waals surface area contributed by atoms with Gasteiger partial charge < -0.3 is 10.1 Å². The molecule has 2 aromatic rings. The summed E-state index contributed by atoms with van der Waals surface area (Å²) in [5.74, 6) is 0.539. The number of pyridine rings is 1. The van der Waals surface area contributed by atoms with Crippen molar-refractivity contribution in [1.82, 2.24) is 4.98 Å². The SMILES string of the molecule is CC(C)Oc1ccc(NC(=O)c2ccnc(Cl)c2)cc1. The molecule has 5 heteroatoms. The molecule has 1 amide bonds.